The molecule has 0 aliphatic heterocycles. The fourth-order valence-corrected chi connectivity index (χ4v) is 5.87. The molecule has 1 heterocycles. The van der Waals surface area contributed by atoms with Crippen molar-refractivity contribution < 1.29 is 4.79 Å². The van der Waals surface area contributed by atoms with Crippen molar-refractivity contribution in [2.45, 2.75) is 64.0 Å². The molecule has 0 aromatic carbocycles. The van der Waals surface area contributed by atoms with Gasteiger partial charge < -0.3 is 11.1 Å². The van der Waals surface area contributed by atoms with E-state index in [1.54, 1.807) is 34.9 Å². The molecule has 1 aromatic heterocycles. The van der Waals surface area contributed by atoms with Crippen molar-refractivity contribution in [2.24, 2.45) is 5.73 Å². The molecule has 1 aromatic rings. The van der Waals surface area contributed by atoms with Crippen LogP contribution in [0.15, 0.2) is 8.68 Å². The van der Waals surface area contributed by atoms with Crippen LogP contribution in [0.5, 0.6) is 0 Å². The van der Waals surface area contributed by atoms with Crippen LogP contribution in [0, 0.1) is 0 Å². The summed E-state index contributed by atoms with van der Waals surface area (Å²) in [6, 6.07) is 0.492. The minimum Gasteiger partial charge on any atom is -0.368 e. The Bertz CT molecular complexity index is 519. The van der Waals surface area contributed by atoms with Gasteiger partial charge >= 0.3 is 0 Å². The van der Waals surface area contributed by atoms with Gasteiger partial charge in [-0.1, -0.05) is 34.9 Å². The van der Waals surface area contributed by atoms with Crippen molar-refractivity contribution in [2.75, 3.05) is 6.26 Å². The Morgan fingerprint density at radius 2 is 2.14 bits per heavy atom. The predicted octanol–water partition coefficient (Wildman–Crippen LogP) is 2.27. The number of nitrogens with one attached hydrogen (secondary N) is 1. The molecular formula is C13H20N4OS3. The van der Waals surface area contributed by atoms with E-state index in [9.17, 15) is 4.79 Å². The van der Waals surface area contributed by atoms with E-state index in [1.807, 2.05) is 6.26 Å². The molecule has 116 valence electrons. The summed E-state index contributed by atoms with van der Waals surface area (Å²) in [7, 11) is 0. The van der Waals surface area contributed by atoms with Crippen molar-refractivity contribution in [3.05, 3.63) is 0 Å². The van der Waals surface area contributed by atoms with Crippen molar-refractivity contribution in [1.29, 1.82) is 0 Å². The van der Waals surface area contributed by atoms with Gasteiger partial charge in [0.25, 0.3) is 0 Å². The van der Waals surface area contributed by atoms with Gasteiger partial charge in [-0.25, -0.2) is 0 Å². The third-order valence-corrected chi connectivity index (χ3v) is 7.32. The molecule has 0 saturated heterocycles. The average Bonchev–Trinajstić information content (AvgIpc) is 3.15. The number of carbonyl (C=O) groups is 1. The summed E-state index contributed by atoms with van der Waals surface area (Å²) < 4.78 is 1.99. The lowest BCUT2D eigenvalue weighted by Gasteiger charge is -2.39. The normalized spacial score (nSPS) is 29.5. The van der Waals surface area contributed by atoms with E-state index in [0.717, 1.165) is 34.4 Å². The fraction of sp³-hybridized carbons (Fsp3) is 0.769. The second kappa shape index (κ2) is 6.44. The van der Waals surface area contributed by atoms with Gasteiger partial charge in [0.1, 0.15) is 0 Å². The lowest BCUT2D eigenvalue weighted by Crippen LogP contribution is -2.59. The summed E-state index contributed by atoms with van der Waals surface area (Å²) >= 11 is 5.00. The predicted molar refractivity (Wildman–Crippen MR) is 87.9 cm³/mol. The molecule has 3 rings (SSSR count). The Kier molecular flexibility index (Phi) is 4.78. The number of carbonyl (C=O) groups excluding carboxylic acids is 1. The van der Waals surface area contributed by atoms with E-state index in [1.165, 1.54) is 12.8 Å². The zero-order valence-electron chi connectivity index (χ0n) is 12.0. The first-order chi connectivity index (χ1) is 10.1. The smallest absolute Gasteiger partial charge is 0.237 e. The molecule has 2 atom stereocenters. The van der Waals surface area contributed by atoms with Gasteiger partial charge in [-0.3, -0.25) is 4.79 Å². The second-order valence-corrected chi connectivity index (χ2v) is 9.32. The number of aromatic nitrogens is 2. The average molecular weight is 345 g/mol. The van der Waals surface area contributed by atoms with Crippen LogP contribution in [0.4, 0.5) is 0 Å². The highest BCUT2D eigenvalue weighted by molar-refractivity contribution is 8.03. The summed E-state index contributed by atoms with van der Waals surface area (Å²) in [5, 5.41) is 12.3. The Morgan fingerprint density at radius 3 is 2.76 bits per heavy atom. The maximum absolute atomic E-state index is 12.0. The summed E-state index contributed by atoms with van der Waals surface area (Å²) in [6.07, 6.45) is 8.16. The van der Waals surface area contributed by atoms with Gasteiger partial charge in [0.2, 0.25) is 5.91 Å². The number of amides is 1. The van der Waals surface area contributed by atoms with E-state index in [2.05, 4.69) is 15.5 Å². The van der Waals surface area contributed by atoms with Crippen LogP contribution < -0.4 is 11.1 Å². The highest BCUT2D eigenvalue weighted by Crippen LogP contribution is 2.41. The maximum Gasteiger partial charge on any atom is 0.237 e. The first-order valence-corrected chi connectivity index (χ1v) is 10.2. The zero-order valence-corrected chi connectivity index (χ0v) is 14.5. The third-order valence-electron chi connectivity index (χ3n) is 4.07. The molecule has 0 spiro atoms. The van der Waals surface area contributed by atoms with E-state index >= 15 is 0 Å². The van der Waals surface area contributed by atoms with Gasteiger partial charge in [-0.15, -0.1) is 10.2 Å². The minimum absolute atomic E-state index is 0.193. The first kappa shape index (κ1) is 15.6. The van der Waals surface area contributed by atoms with Crippen LogP contribution in [0.2, 0.25) is 0 Å². The summed E-state index contributed by atoms with van der Waals surface area (Å²) in [5.41, 5.74) is 5.21. The van der Waals surface area contributed by atoms with E-state index in [4.69, 9.17) is 5.73 Å². The largest absolute Gasteiger partial charge is 0.368 e. The molecule has 2 aliphatic rings. The van der Waals surface area contributed by atoms with Crippen LogP contribution in [0.3, 0.4) is 0 Å². The number of thioether (sulfide) groups is 2. The van der Waals surface area contributed by atoms with Gasteiger partial charge in [0.05, 0.1) is 5.54 Å². The van der Waals surface area contributed by atoms with Crippen molar-refractivity contribution in [3.8, 4) is 0 Å². The molecule has 0 bridgehead atoms. The van der Waals surface area contributed by atoms with Gasteiger partial charge in [-0.05, 0) is 44.8 Å². The van der Waals surface area contributed by atoms with E-state index in [0.29, 0.717) is 11.3 Å². The lowest BCUT2D eigenvalue weighted by atomic mass is 9.80. The molecule has 5 nitrogen and oxygen atoms in total. The van der Waals surface area contributed by atoms with E-state index < -0.39 is 5.54 Å². The topological polar surface area (TPSA) is 80.9 Å². The standard InChI is InChI=1S/C13H20N4OS3/c1-19-11-16-17-12(21-11)20-9-3-2-6-13(7-9,10(14)18)15-8-4-5-8/h8-9,15H,2-7H2,1H3,(H2,14,18). The van der Waals surface area contributed by atoms with Gasteiger partial charge in [-0.2, -0.15) is 0 Å². The molecule has 2 aliphatic carbocycles. The van der Waals surface area contributed by atoms with Crippen LogP contribution in [0.25, 0.3) is 0 Å². The number of primary amides is 1. The zero-order chi connectivity index (χ0) is 14.9. The molecule has 2 unspecified atom stereocenters. The molecule has 8 heteroatoms. The number of nitrogens with zero attached hydrogens (tertiary/aromatic N) is 2. The number of rotatable bonds is 6. The second-order valence-electron chi connectivity index (χ2n) is 5.74. The molecule has 21 heavy (non-hydrogen) atoms. The molecule has 0 radical (unpaired) electrons. The quantitative estimate of drug-likeness (QED) is 0.771. The van der Waals surface area contributed by atoms with Crippen molar-refractivity contribution >= 4 is 40.8 Å². The highest BCUT2D eigenvalue weighted by atomic mass is 32.2. The Labute approximate surface area is 137 Å². The van der Waals surface area contributed by atoms with Crippen molar-refractivity contribution in [1.82, 2.24) is 15.5 Å². The van der Waals surface area contributed by atoms with Gasteiger partial charge in [0, 0.05) is 11.3 Å². The number of hydrogen-bond acceptors (Lipinski definition) is 7. The Balaban J connectivity index is 1.67. The van der Waals surface area contributed by atoms with Crippen LogP contribution >= 0.6 is 34.9 Å². The fourth-order valence-electron chi connectivity index (χ4n) is 2.84. The SMILES string of the molecule is CSc1nnc(SC2CCCC(NC3CC3)(C(N)=O)C2)s1. The summed E-state index contributed by atoms with van der Waals surface area (Å²) in [4.78, 5) is 12.0. The minimum atomic E-state index is -0.510. The first-order valence-electron chi connectivity index (χ1n) is 7.23. The van der Waals surface area contributed by atoms with Crippen LogP contribution in [-0.2, 0) is 4.79 Å². The highest BCUT2D eigenvalue weighted by Gasteiger charge is 2.44. The molecule has 1 amide bonds. The molecule has 2 fully saturated rings. The summed E-state index contributed by atoms with van der Waals surface area (Å²) in [6.45, 7) is 0. The number of nitrogens with two attached hydrogens (primary N) is 1. The molecular weight excluding hydrogens is 324 g/mol. The van der Waals surface area contributed by atoms with Crippen molar-refractivity contribution in [3.63, 3.8) is 0 Å². The maximum atomic E-state index is 12.0. The summed E-state index contributed by atoms with van der Waals surface area (Å²) in [5.74, 6) is -0.193. The molecule has 2 saturated carbocycles. The lowest BCUT2D eigenvalue weighted by molar-refractivity contribution is -0.125. The van der Waals surface area contributed by atoms with Crippen LogP contribution in [-0.4, -0.2) is 39.2 Å². The monoisotopic (exact) mass is 344 g/mol. The molecule has 3 N–H and O–H groups in total. The van der Waals surface area contributed by atoms with Gasteiger partial charge in [0.15, 0.2) is 8.68 Å². The Hall–Kier alpha value is -0.310. The number of hydrogen-bond donors (Lipinski definition) is 2. The van der Waals surface area contributed by atoms with E-state index in [-0.39, 0.29) is 5.91 Å². The Morgan fingerprint density at radius 1 is 1.38 bits per heavy atom. The third kappa shape index (κ3) is 3.72. The van der Waals surface area contributed by atoms with Crippen LogP contribution in [0.1, 0.15) is 38.5 Å².